The lowest BCUT2D eigenvalue weighted by Crippen LogP contribution is -2.53. The molecule has 1 amide bonds. The third-order valence-electron chi connectivity index (χ3n) is 5.40. The molecule has 1 heterocycles. The lowest BCUT2D eigenvalue weighted by molar-refractivity contribution is -0.128. The van der Waals surface area contributed by atoms with Crippen LogP contribution < -0.4 is 5.32 Å². The van der Waals surface area contributed by atoms with E-state index in [1.54, 1.807) is 0 Å². The first-order valence-corrected chi connectivity index (χ1v) is 9.12. The number of benzene rings is 1. The van der Waals surface area contributed by atoms with Crippen LogP contribution in [0.2, 0.25) is 10.0 Å². The maximum atomic E-state index is 12.9. The molecule has 1 aromatic heterocycles. The fraction of sp³-hybridized carbons (Fsp3) is 0.444. The molecule has 0 spiro atoms. The number of nitrogens with zero attached hydrogens (tertiary/aromatic N) is 1. The van der Waals surface area contributed by atoms with Gasteiger partial charge in [0.2, 0.25) is 5.91 Å². The van der Waals surface area contributed by atoms with Crippen LogP contribution in [0.1, 0.15) is 42.5 Å². The predicted octanol–water partition coefficient (Wildman–Crippen LogP) is 4.02. The summed E-state index contributed by atoms with van der Waals surface area (Å²) in [5, 5.41) is 11.6. The van der Waals surface area contributed by atoms with Gasteiger partial charge in [0, 0.05) is 33.6 Å². The van der Waals surface area contributed by atoms with Gasteiger partial charge in [0.05, 0.1) is 11.7 Å². The molecule has 0 bridgehead atoms. The van der Waals surface area contributed by atoms with Crippen LogP contribution in [0.4, 0.5) is 0 Å². The number of nitrogens with one attached hydrogen (secondary N) is 2. The van der Waals surface area contributed by atoms with Crippen LogP contribution in [-0.4, -0.2) is 16.1 Å². The number of aryl methyl sites for hydroxylation is 1. The second-order valence-electron chi connectivity index (χ2n) is 6.84. The molecule has 2 aliphatic carbocycles. The summed E-state index contributed by atoms with van der Waals surface area (Å²) >= 11 is 12.8. The van der Waals surface area contributed by atoms with Crippen LogP contribution in [0, 0.1) is 5.92 Å². The van der Waals surface area contributed by atoms with E-state index in [9.17, 15) is 4.79 Å². The summed E-state index contributed by atoms with van der Waals surface area (Å²) in [6, 6.07) is 5.52. The minimum absolute atomic E-state index is 0.0308. The number of carbonyl (C=O) groups excluding carboxylic acids is 1. The fourth-order valence-corrected chi connectivity index (χ4v) is 4.65. The molecule has 6 heteroatoms. The molecule has 126 valence electrons. The Labute approximate surface area is 150 Å². The Morgan fingerprint density at radius 1 is 1.29 bits per heavy atom. The number of carbonyl (C=O) groups is 1. The molecule has 1 atom stereocenters. The standard InChI is InChI=1S/C18H19Cl2N3O/c19-13-3-1-4-14(20)16(13)18(7-2-8-18)22-17(24)11-5-6-12-10-21-23-15(12)9-11/h1,3-4,10-11H,2,5-9H2,(H,21,23)(H,22,24). The van der Waals surface area contributed by atoms with E-state index in [-0.39, 0.29) is 11.8 Å². The largest absolute Gasteiger partial charge is 0.346 e. The highest BCUT2D eigenvalue weighted by molar-refractivity contribution is 6.36. The summed E-state index contributed by atoms with van der Waals surface area (Å²) in [7, 11) is 0. The topological polar surface area (TPSA) is 57.8 Å². The van der Waals surface area contributed by atoms with Crippen molar-refractivity contribution in [1.82, 2.24) is 15.5 Å². The summed E-state index contributed by atoms with van der Waals surface area (Å²) < 4.78 is 0. The van der Waals surface area contributed by atoms with Crippen molar-refractivity contribution in [2.75, 3.05) is 0 Å². The van der Waals surface area contributed by atoms with Gasteiger partial charge in [-0.05, 0) is 49.8 Å². The number of amides is 1. The first kappa shape index (κ1) is 16.0. The van der Waals surface area contributed by atoms with Crippen molar-refractivity contribution in [3.05, 3.63) is 51.3 Å². The molecule has 0 radical (unpaired) electrons. The molecule has 1 unspecified atom stereocenters. The van der Waals surface area contributed by atoms with Crippen LogP contribution in [0.25, 0.3) is 0 Å². The number of H-pyrrole nitrogens is 1. The molecule has 24 heavy (non-hydrogen) atoms. The molecule has 2 N–H and O–H groups in total. The third-order valence-corrected chi connectivity index (χ3v) is 6.03. The van der Waals surface area contributed by atoms with Gasteiger partial charge in [0.25, 0.3) is 0 Å². The van der Waals surface area contributed by atoms with Crippen molar-refractivity contribution < 1.29 is 4.79 Å². The zero-order valence-corrected chi connectivity index (χ0v) is 14.8. The summed E-state index contributed by atoms with van der Waals surface area (Å²) in [6.45, 7) is 0. The quantitative estimate of drug-likeness (QED) is 0.864. The summed E-state index contributed by atoms with van der Waals surface area (Å²) in [6.07, 6.45) is 7.15. The Bertz CT molecular complexity index is 762. The molecule has 2 aromatic rings. The van der Waals surface area contributed by atoms with Gasteiger partial charge in [-0.2, -0.15) is 5.10 Å². The molecule has 4 nitrogen and oxygen atoms in total. The molecule has 4 rings (SSSR count). The van der Waals surface area contributed by atoms with Crippen molar-refractivity contribution in [3.8, 4) is 0 Å². The Kier molecular flexibility index (Phi) is 4.05. The monoisotopic (exact) mass is 363 g/mol. The number of fused-ring (bicyclic) bond motifs is 1. The zero-order valence-electron chi connectivity index (χ0n) is 13.2. The van der Waals surface area contributed by atoms with Gasteiger partial charge in [-0.1, -0.05) is 29.3 Å². The summed E-state index contributed by atoms with van der Waals surface area (Å²) in [4.78, 5) is 12.9. The average Bonchev–Trinajstić information content (AvgIpc) is 2.99. The minimum Gasteiger partial charge on any atom is -0.346 e. The van der Waals surface area contributed by atoms with Crippen molar-refractivity contribution in [2.45, 2.75) is 44.1 Å². The lowest BCUT2D eigenvalue weighted by Gasteiger charge is -2.45. The number of hydrogen-bond donors (Lipinski definition) is 2. The van der Waals surface area contributed by atoms with Gasteiger partial charge in [-0.15, -0.1) is 0 Å². The molecule has 1 aromatic carbocycles. The van der Waals surface area contributed by atoms with Crippen LogP contribution in [0.5, 0.6) is 0 Å². The molecule has 2 aliphatic rings. The van der Waals surface area contributed by atoms with Gasteiger partial charge in [-0.3, -0.25) is 9.89 Å². The van der Waals surface area contributed by atoms with Crippen molar-refractivity contribution in [2.24, 2.45) is 5.92 Å². The molecule has 0 saturated heterocycles. The van der Waals surface area contributed by atoms with Gasteiger partial charge in [-0.25, -0.2) is 0 Å². The van der Waals surface area contributed by atoms with E-state index in [4.69, 9.17) is 23.2 Å². The number of aromatic nitrogens is 2. The molecule has 1 saturated carbocycles. The van der Waals surface area contributed by atoms with E-state index in [2.05, 4.69) is 15.5 Å². The van der Waals surface area contributed by atoms with Crippen LogP contribution in [-0.2, 0) is 23.2 Å². The van der Waals surface area contributed by atoms with Crippen molar-refractivity contribution in [1.29, 1.82) is 0 Å². The van der Waals surface area contributed by atoms with Crippen molar-refractivity contribution in [3.63, 3.8) is 0 Å². The highest BCUT2D eigenvalue weighted by Gasteiger charge is 2.44. The predicted molar refractivity (Wildman–Crippen MR) is 94.2 cm³/mol. The molecular formula is C18H19Cl2N3O. The summed E-state index contributed by atoms with van der Waals surface area (Å²) in [5.74, 6) is 0.0580. The maximum Gasteiger partial charge on any atom is 0.224 e. The minimum atomic E-state index is -0.416. The van der Waals surface area contributed by atoms with Crippen LogP contribution in [0.15, 0.2) is 24.4 Å². The smallest absolute Gasteiger partial charge is 0.224 e. The second kappa shape index (κ2) is 6.08. The van der Waals surface area contributed by atoms with E-state index < -0.39 is 5.54 Å². The van der Waals surface area contributed by atoms with Gasteiger partial charge in [0.1, 0.15) is 0 Å². The van der Waals surface area contributed by atoms with E-state index in [0.29, 0.717) is 16.5 Å². The zero-order chi connectivity index (χ0) is 16.7. The highest BCUT2D eigenvalue weighted by Crippen LogP contribution is 2.47. The third kappa shape index (κ3) is 2.62. The van der Waals surface area contributed by atoms with E-state index in [0.717, 1.165) is 43.4 Å². The van der Waals surface area contributed by atoms with E-state index >= 15 is 0 Å². The lowest BCUT2D eigenvalue weighted by atomic mass is 9.71. The number of halogens is 2. The Balaban J connectivity index is 1.56. The Morgan fingerprint density at radius 3 is 2.71 bits per heavy atom. The number of rotatable bonds is 3. The SMILES string of the molecule is O=C(NC1(c2c(Cl)cccc2Cl)CCC1)C1CCc2cn[nH]c2C1. The molecular weight excluding hydrogens is 345 g/mol. The van der Waals surface area contributed by atoms with Gasteiger partial charge < -0.3 is 5.32 Å². The Morgan fingerprint density at radius 2 is 2.04 bits per heavy atom. The second-order valence-corrected chi connectivity index (χ2v) is 7.65. The Hall–Kier alpha value is -1.52. The van der Waals surface area contributed by atoms with Crippen LogP contribution >= 0.6 is 23.2 Å². The van der Waals surface area contributed by atoms with E-state index in [1.807, 2.05) is 24.4 Å². The first-order chi connectivity index (χ1) is 11.6. The molecule has 0 aliphatic heterocycles. The average molecular weight is 364 g/mol. The summed E-state index contributed by atoms with van der Waals surface area (Å²) in [5.41, 5.74) is 2.76. The normalized spacial score (nSPS) is 21.7. The van der Waals surface area contributed by atoms with Crippen molar-refractivity contribution >= 4 is 29.1 Å². The fourth-order valence-electron chi connectivity index (χ4n) is 3.89. The molecule has 1 fully saturated rings. The number of hydrogen-bond acceptors (Lipinski definition) is 2. The highest BCUT2D eigenvalue weighted by atomic mass is 35.5. The first-order valence-electron chi connectivity index (χ1n) is 8.37. The number of aromatic amines is 1. The van der Waals surface area contributed by atoms with Gasteiger partial charge >= 0.3 is 0 Å². The maximum absolute atomic E-state index is 12.9. The van der Waals surface area contributed by atoms with Crippen LogP contribution in [0.3, 0.4) is 0 Å². The van der Waals surface area contributed by atoms with Gasteiger partial charge in [0.15, 0.2) is 0 Å². The van der Waals surface area contributed by atoms with E-state index in [1.165, 1.54) is 5.56 Å².